The Hall–Kier alpha value is -1.63. The Morgan fingerprint density at radius 3 is 2.12 bits per heavy atom. The predicted molar refractivity (Wildman–Crippen MR) is 69.7 cm³/mol. The Kier molecular flexibility index (Phi) is 3.58. The molecule has 0 spiro atoms. The van der Waals surface area contributed by atoms with Crippen LogP contribution >= 0.6 is 0 Å². The van der Waals surface area contributed by atoms with Crippen LogP contribution in [-0.2, 0) is 6.42 Å². The topological polar surface area (TPSA) is 0 Å². The minimum Gasteiger partial charge on any atom is -0.207 e. The normalized spacial score (nSPS) is 12.4. The highest BCUT2D eigenvalue weighted by molar-refractivity contribution is 5.26. The Morgan fingerprint density at radius 1 is 0.941 bits per heavy atom. The zero-order valence-electron chi connectivity index (χ0n) is 10.3. The van der Waals surface area contributed by atoms with Gasteiger partial charge in [0, 0.05) is 0 Å². The highest BCUT2D eigenvalue weighted by Gasteiger charge is 2.06. The molecule has 17 heavy (non-hydrogen) atoms. The van der Waals surface area contributed by atoms with Gasteiger partial charge in [0.15, 0.2) is 0 Å². The summed E-state index contributed by atoms with van der Waals surface area (Å²) in [5.41, 5.74) is 3.79. The van der Waals surface area contributed by atoms with Crippen LogP contribution in [0.2, 0.25) is 0 Å². The summed E-state index contributed by atoms with van der Waals surface area (Å²) >= 11 is 0. The molecule has 1 atom stereocenters. The van der Waals surface area contributed by atoms with Crippen molar-refractivity contribution in [2.75, 3.05) is 0 Å². The summed E-state index contributed by atoms with van der Waals surface area (Å²) in [6.07, 6.45) is 0.992. The van der Waals surface area contributed by atoms with Gasteiger partial charge in [0.25, 0.3) is 0 Å². The van der Waals surface area contributed by atoms with E-state index in [4.69, 9.17) is 0 Å². The minimum atomic E-state index is -0.170. The van der Waals surface area contributed by atoms with Crippen molar-refractivity contribution in [1.29, 1.82) is 0 Å². The largest absolute Gasteiger partial charge is 0.207 e. The maximum absolute atomic E-state index is 12.8. The molecule has 0 aliphatic rings. The van der Waals surface area contributed by atoms with Crippen molar-refractivity contribution in [2.45, 2.75) is 26.2 Å². The average Bonchev–Trinajstić information content (AvgIpc) is 2.33. The number of halogens is 1. The van der Waals surface area contributed by atoms with Gasteiger partial charge in [-0.05, 0) is 42.5 Å². The first kappa shape index (κ1) is 11.8. The van der Waals surface area contributed by atoms with E-state index in [1.165, 1.54) is 28.8 Å². The van der Waals surface area contributed by atoms with Crippen LogP contribution in [0, 0.1) is 12.7 Å². The van der Waals surface area contributed by atoms with E-state index in [1.807, 2.05) is 12.1 Å². The van der Waals surface area contributed by atoms with E-state index in [9.17, 15) is 4.39 Å². The van der Waals surface area contributed by atoms with Gasteiger partial charge in [0.2, 0.25) is 0 Å². The molecule has 2 aromatic rings. The molecular weight excluding hydrogens is 211 g/mol. The first-order valence-corrected chi connectivity index (χ1v) is 5.96. The highest BCUT2D eigenvalue weighted by Crippen LogP contribution is 2.20. The van der Waals surface area contributed by atoms with Crippen LogP contribution in [0.1, 0.15) is 29.5 Å². The minimum absolute atomic E-state index is 0.170. The van der Waals surface area contributed by atoms with Gasteiger partial charge in [-0.15, -0.1) is 0 Å². The molecule has 88 valence electrons. The third-order valence-corrected chi connectivity index (χ3v) is 3.10. The maximum atomic E-state index is 12.8. The average molecular weight is 228 g/mol. The highest BCUT2D eigenvalue weighted by atomic mass is 19.1. The third kappa shape index (κ3) is 3.16. The molecule has 0 heterocycles. The van der Waals surface area contributed by atoms with E-state index in [1.54, 1.807) is 0 Å². The summed E-state index contributed by atoms with van der Waals surface area (Å²) < 4.78 is 12.8. The lowest BCUT2D eigenvalue weighted by molar-refractivity contribution is 0.625. The van der Waals surface area contributed by atoms with Crippen molar-refractivity contribution in [3.8, 4) is 0 Å². The summed E-state index contributed by atoms with van der Waals surface area (Å²) in [5, 5.41) is 0. The molecule has 1 heteroatoms. The Bertz CT molecular complexity index is 468. The van der Waals surface area contributed by atoms with Crippen molar-refractivity contribution in [3.05, 3.63) is 71.0 Å². The van der Waals surface area contributed by atoms with E-state index in [0.717, 1.165) is 6.42 Å². The van der Waals surface area contributed by atoms with Crippen LogP contribution < -0.4 is 0 Å². The fraction of sp³-hybridized carbons (Fsp3) is 0.250. The van der Waals surface area contributed by atoms with Gasteiger partial charge in [-0.2, -0.15) is 0 Å². The molecule has 0 radical (unpaired) electrons. The van der Waals surface area contributed by atoms with Crippen molar-refractivity contribution >= 4 is 0 Å². The molecule has 0 N–H and O–H groups in total. The lowest BCUT2D eigenvalue weighted by Gasteiger charge is -2.12. The molecule has 2 aromatic carbocycles. The third-order valence-electron chi connectivity index (χ3n) is 3.10. The van der Waals surface area contributed by atoms with Gasteiger partial charge >= 0.3 is 0 Å². The van der Waals surface area contributed by atoms with Crippen molar-refractivity contribution in [3.63, 3.8) is 0 Å². The van der Waals surface area contributed by atoms with Gasteiger partial charge in [0.05, 0.1) is 0 Å². The van der Waals surface area contributed by atoms with E-state index in [0.29, 0.717) is 5.92 Å². The lowest BCUT2D eigenvalue weighted by atomic mass is 9.93. The molecule has 0 unspecified atom stereocenters. The van der Waals surface area contributed by atoms with Crippen LogP contribution in [0.15, 0.2) is 48.5 Å². The van der Waals surface area contributed by atoms with E-state index >= 15 is 0 Å². The van der Waals surface area contributed by atoms with Gasteiger partial charge in [-0.1, -0.05) is 48.9 Å². The molecule has 0 aliphatic heterocycles. The Labute approximate surface area is 102 Å². The van der Waals surface area contributed by atoms with Crippen molar-refractivity contribution in [2.24, 2.45) is 0 Å². The number of aryl methyl sites for hydroxylation is 1. The van der Waals surface area contributed by atoms with E-state index in [2.05, 4.69) is 38.1 Å². The zero-order valence-corrected chi connectivity index (χ0v) is 10.3. The molecule has 0 amide bonds. The Morgan fingerprint density at radius 2 is 1.53 bits per heavy atom. The van der Waals surface area contributed by atoms with Crippen LogP contribution in [0.5, 0.6) is 0 Å². The summed E-state index contributed by atoms with van der Waals surface area (Å²) in [5.74, 6) is 0.245. The van der Waals surface area contributed by atoms with Gasteiger partial charge in [-0.25, -0.2) is 4.39 Å². The zero-order chi connectivity index (χ0) is 12.3. The molecule has 0 bridgehead atoms. The molecule has 0 fully saturated rings. The standard InChI is InChI=1S/C16H17F/c1-12-3-5-14(6-4-12)11-13(2)15-7-9-16(17)10-8-15/h3-10,13H,11H2,1-2H3/t13-/m1/s1. The summed E-state index contributed by atoms with van der Waals surface area (Å²) in [4.78, 5) is 0. The van der Waals surface area contributed by atoms with Crippen LogP contribution in [0.25, 0.3) is 0 Å². The number of hydrogen-bond donors (Lipinski definition) is 0. The summed E-state index contributed by atoms with van der Waals surface area (Å²) in [7, 11) is 0. The van der Waals surface area contributed by atoms with Gasteiger partial charge in [-0.3, -0.25) is 0 Å². The number of rotatable bonds is 3. The molecule has 0 saturated carbocycles. The van der Waals surface area contributed by atoms with Crippen LogP contribution in [0.3, 0.4) is 0 Å². The quantitative estimate of drug-likeness (QED) is 0.726. The second-order valence-electron chi connectivity index (χ2n) is 4.64. The molecule has 0 aromatic heterocycles. The SMILES string of the molecule is Cc1ccc(C[C@@H](C)c2ccc(F)cc2)cc1. The predicted octanol–water partition coefficient (Wildman–Crippen LogP) is 4.48. The molecule has 2 rings (SSSR count). The van der Waals surface area contributed by atoms with Gasteiger partial charge in [0.1, 0.15) is 5.82 Å². The van der Waals surface area contributed by atoms with E-state index < -0.39 is 0 Å². The van der Waals surface area contributed by atoms with Crippen molar-refractivity contribution < 1.29 is 4.39 Å². The molecule has 0 saturated heterocycles. The second kappa shape index (κ2) is 5.13. The van der Waals surface area contributed by atoms with Crippen LogP contribution in [-0.4, -0.2) is 0 Å². The fourth-order valence-corrected chi connectivity index (χ4v) is 1.99. The fourth-order valence-electron chi connectivity index (χ4n) is 1.99. The second-order valence-corrected chi connectivity index (χ2v) is 4.64. The molecular formula is C16H17F. The van der Waals surface area contributed by atoms with E-state index in [-0.39, 0.29) is 5.82 Å². The number of benzene rings is 2. The lowest BCUT2D eigenvalue weighted by Crippen LogP contribution is -1.98. The first-order valence-electron chi connectivity index (χ1n) is 5.96. The van der Waals surface area contributed by atoms with Gasteiger partial charge < -0.3 is 0 Å². The maximum Gasteiger partial charge on any atom is 0.123 e. The number of hydrogen-bond acceptors (Lipinski definition) is 0. The van der Waals surface area contributed by atoms with Crippen molar-refractivity contribution in [1.82, 2.24) is 0 Å². The molecule has 0 nitrogen and oxygen atoms in total. The summed E-state index contributed by atoms with van der Waals surface area (Å²) in [6.45, 7) is 4.26. The monoisotopic (exact) mass is 228 g/mol. The summed E-state index contributed by atoms with van der Waals surface area (Å²) in [6, 6.07) is 15.4. The smallest absolute Gasteiger partial charge is 0.123 e. The molecule has 0 aliphatic carbocycles. The van der Waals surface area contributed by atoms with Crippen LogP contribution in [0.4, 0.5) is 4.39 Å². The first-order chi connectivity index (χ1) is 8.15. The Balaban J connectivity index is 2.08.